The lowest BCUT2D eigenvalue weighted by Crippen LogP contribution is -2.29. The number of hydrogen-bond donors (Lipinski definition) is 1. The van der Waals surface area contributed by atoms with Gasteiger partial charge in [0.05, 0.1) is 6.61 Å². The Hall–Kier alpha value is -0.930. The quantitative estimate of drug-likeness (QED) is 0.808. The van der Waals surface area contributed by atoms with Gasteiger partial charge in [0.25, 0.3) is 0 Å². The van der Waals surface area contributed by atoms with E-state index in [0.29, 0.717) is 18.8 Å². The third-order valence-corrected chi connectivity index (χ3v) is 3.01. The Morgan fingerprint density at radius 1 is 1.40 bits per heavy atom. The Balaban J connectivity index is 2.24. The third-order valence-electron chi connectivity index (χ3n) is 3.01. The van der Waals surface area contributed by atoms with E-state index in [2.05, 4.69) is 0 Å². The van der Waals surface area contributed by atoms with Crippen molar-refractivity contribution in [3.05, 3.63) is 35.6 Å². The summed E-state index contributed by atoms with van der Waals surface area (Å²) in [5, 5.41) is 9.21. The molecule has 0 aromatic heterocycles. The lowest BCUT2D eigenvalue weighted by atomic mass is 9.83. The van der Waals surface area contributed by atoms with Gasteiger partial charge in [0, 0.05) is 19.1 Å². The highest BCUT2D eigenvalue weighted by molar-refractivity contribution is 5.23. The molecule has 1 N–H and O–H groups in total. The number of halogens is 1. The van der Waals surface area contributed by atoms with E-state index in [4.69, 9.17) is 4.74 Å². The largest absolute Gasteiger partial charge is 0.396 e. The summed E-state index contributed by atoms with van der Waals surface area (Å²) in [6.45, 7) is 1.23. The zero-order valence-corrected chi connectivity index (χ0v) is 8.53. The molecule has 0 unspecified atom stereocenters. The molecular weight excluding hydrogens is 195 g/mol. The van der Waals surface area contributed by atoms with Crippen molar-refractivity contribution in [3.63, 3.8) is 0 Å². The second-order valence-electron chi connectivity index (χ2n) is 3.93. The van der Waals surface area contributed by atoms with Crippen LogP contribution in [0.4, 0.5) is 4.39 Å². The highest BCUT2D eigenvalue weighted by Crippen LogP contribution is 2.32. The first-order valence-electron chi connectivity index (χ1n) is 5.26. The fourth-order valence-corrected chi connectivity index (χ4v) is 2.16. The van der Waals surface area contributed by atoms with Gasteiger partial charge < -0.3 is 9.84 Å². The summed E-state index contributed by atoms with van der Waals surface area (Å²) in [4.78, 5) is 0. The molecule has 1 aromatic carbocycles. The number of aliphatic hydroxyl groups excluding tert-OH is 1. The second kappa shape index (κ2) is 4.73. The van der Waals surface area contributed by atoms with Crippen LogP contribution in [0, 0.1) is 11.7 Å². The first kappa shape index (κ1) is 10.6. The van der Waals surface area contributed by atoms with Crippen LogP contribution < -0.4 is 0 Å². The Kier molecular flexibility index (Phi) is 3.34. The molecule has 1 aliphatic rings. The topological polar surface area (TPSA) is 29.5 Å². The van der Waals surface area contributed by atoms with Gasteiger partial charge in [0.1, 0.15) is 5.82 Å². The molecule has 3 heteroatoms. The van der Waals surface area contributed by atoms with Gasteiger partial charge >= 0.3 is 0 Å². The van der Waals surface area contributed by atoms with Crippen molar-refractivity contribution < 1.29 is 14.2 Å². The molecule has 1 fully saturated rings. The number of aliphatic hydroxyl groups is 1. The molecule has 0 amide bonds. The first-order valence-corrected chi connectivity index (χ1v) is 5.26. The van der Waals surface area contributed by atoms with Gasteiger partial charge in [-0.05, 0) is 24.0 Å². The zero-order chi connectivity index (χ0) is 10.7. The number of hydrogen-bond acceptors (Lipinski definition) is 2. The fraction of sp³-hybridized carbons (Fsp3) is 0.500. The van der Waals surface area contributed by atoms with Gasteiger partial charge in [-0.1, -0.05) is 18.2 Å². The number of benzene rings is 1. The maximum absolute atomic E-state index is 13.6. The number of ether oxygens (including phenoxy) is 1. The van der Waals surface area contributed by atoms with Crippen molar-refractivity contribution >= 4 is 0 Å². The predicted octanol–water partition coefficient (Wildman–Crippen LogP) is 1.94. The van der Waals surface area contributed by atoms with Gasteiger partial charge in [0.15, 0.2) is 0 Å². The normalized spacial score (nSPS) is 26.5. The van der Waals surface area contributed by atoms with Crippen LogP contribution >= 0.6 is 0 Å². The molecule has 1 saturated heterocycles. The summed E-state index contributed by atoms with van der Waals surface area (Å²) in [6, 6.07) is 6.79. The minimum Gasteiger partial charge on any atom is -0.396 e. The van der Waals surface area contributed by atoms with Gasteiger partial charge in [-0.15, -0.1) is 0 Å². The van der Waals surface area contributed by atoms with Crippen molar-refractivity contribution in [1.82, 2.24) is 0 Å². The molecule has 2 rings (SSSR count). The highest BCUT2D eigenvalue weighted by Gasteiger charge is 2.28. The molecule has 0 radical (unpaired) electrons. The molecule has 15 heavy (non-hydrogen) atoms. The van der Waals surface area contributed by atoms with Crippen LogP contribution in [0.25, 0.3) is 0 Å². The van der Waals surface area contributed by atoms with Gasteiger partial charge in [-0.25, -0.2) is 4.39 Å². The number of rotatable bonds is 2. The van der Waals surface area contributed by atoms with Gasteiger partial charge in [0.2, 0.25) is 0 Å². The van der Waals surface area contributed by atoms with Crippen LogP contribution in [0.15, 0.2) is 24.3 Å². The van der Waals surface area contributed by atoms with E-state index >= 15 is 0 Å². The Morgan fingerprint density at radius 3 is 2.93 bits per heavy atom. The van der Waals surface area contributed by atoms with Crippen LogP contribution in [-0.2, 0) is 4.74 Å². The van der Waals surface area contributed by atoms with Crippen LogP contribution in [-0.4, -0.2) is 24.9 Å². The van der Waals surface area contributed by atoms with Crippen molar-refractivity contribution in [2.75, 3.05) is 19.8 Å². The van der Waals surface area contributed by atoms with Crippen LogP contribution in [0.2, 0.25) is 0 Å². The highest BCUT2D eigenvalue weighted by atomic mass is 19.1. The molecule has 1 aromatic rings. The molecule has 0 aliphatic carbocycles. The third kappa shape index (κ3) is 2.19. The zero-order valence-electron chi connectivity index (χ0n) is 8.53. The molecule has 82 valence electrons. The van der Waals surface area contributed by atoms with Crippen LogP contribution in [0.1, 0.15) is 17.9 Å². The molecule has 0 spiro atoms. The summed E-state index contributed by atoms with van der Waals surface area (Å²) >= 11 is 0. The summed E-state index contributed by atoms with van der Waals surface area (Å²) < 4.78 is 18.8. The second-order valence-corrected chi connectivity index (χ2v) is 3.93. The molecular formula is C12H15FO2. The van der Waals surface area contributed by atoms with E-state index < -0.39 is 0 Å². The fourth-order valence-electron chi connectivity index (χ4n) is 2.16. The predicted molar refractivity (Wildman–Crippen MR) is 55.2 cm³/mol. The standard InChI is InChI=1S/C12H15FO2/c13-12-4-2-1-3-11(12)10-5-6-15-8-9(10)7-14/h1-4,9-10,14H,5-8H2/t9-,10+/m1/s1. The van der Waals surface area contributed by atoms with Crippen molar-refractivity contribution in [3.8, 4) is 0 Å². The van der Waals surface area contributed by atoms with E-state index in [1.54, 1.807) is 12.1 Å². The Bertz CT molecular complexity index is 327. The lowest BCUT2D eigenvalue weighted by Gasteiger charge is -2.30. The molecule has 0 bridgehead atoms. The van der Waals surface area contributed by atoms with Gasteiger partial charge in [-0.3, -0.25) is 0 Å². The minimum atomic E-state index is -0.178. The summed E-state index contributed by atoms with van der Waals surface area (Å²) in [5.41, 5.74) is 0.708. The molecule has 1 aliphatic heterocycles. The van der Waals surface area contributed by atoms with E-state index in [1.807, 2.05) is 6.07 Å². The smallest absolute Gasteiger partial charge is 0.126 e. The minimum absolute atomic E-state index is 0.0237. The monoisotopic (exact) mass is 210 g/mol. The van der Waals surface area contributed by atoms with E-state index in [1.165, 1.54) is 6.07 Å². The molecule has 1 heterocycles. The van der Waals surface area contributed by atoms with E-state index in [9.17, 15) is 9.50 Å². The summed E-state index contributed by atoms with van der Waals surface area (Å²) in [7, 11) is 0. The van der Waals surface area contributed by atoms with Crippen LogP contribution in [0.5, 0.6) is 0 Å². The maximum Gasteiger partial charge on any atom is 0.126 e. The van der Waals surface area contributed by atoms with E-state index in [-0.39, 0.29) is 24.3 Å². The molecule has 2 nitrogen and oxygen atoms in total. The van der Waals surface area contributed by atoms with Crippen molar-refractivity contribution in [2.45, 2.75) is 12.3 Å². The first-order chi connectivity index (χ1) is 7.33. The summed E-state index contributed by atoms with van der Waals surface area (Å²) in [5.74, 6) is -0.0663. The average Bonchev–Trinajstić information content (AvgIpc) is 2.30. The Morgan fingerprint density at radius 2 is 2.20 bits per heavy atom. The maximum atomic E-state index is 13.6. The van der Waals surface area contributed by atoms with Crippen molar-refractivity contribution in [1.29, 1.82) is 0 Å². The molecule has 2 atom stereocenters. The lowest BCUT2D eigenvalue weighted by molar-refractivity contribution is 0.0152. The van der Waals surface area contributed by atoms with Crippen LogP contribution in [0.3, 0.4) is 0 Å². The average molecular weight is 210 g/mol. The Labute approximate surface area is 88.7 Å². The van der Waals surface area contributed by atoms with E-state index in [0.717, 1.165) is 6.42 Å². The molecule has 0 saturated carbocycles. The van der Waals surface area contributed by atoms with Crippen molar-refractivity contribution in [2.24, 2.45) is 5.92 Å². The van der Waals surface area contributed by atoms with Gasteiger partial charge in [-0.2, -0.15) is 0 Å². The SMILES string of the molecule is OC[C@@H]1COCC[C@@H]1c1ccccc1F. The summed E-state index contributed by atoms with van der Waals surface area (Å²) in [6.07, 6.45) is 0.784.